The number of hydrogen-bond donors (Lipinski definition) is 3. The van der Waals surface area contributed by atoms with E-state index >= 15 is 0 Å². The van der Waals surface area contributed by atoms with Crippen molar-refractivity contribution in [3.8, 4) is 11.1 Å². The molecule has 4 rings (SSSR count). The molecule has 0 spiro atoms. The number of likely N-dealkylation sites (tertiary alicyclic amines) is 1. The van der Waals surface area contributed by atoms with E-state index in [1.807, 2.05) is 48.5 Å². The van der Waals surface area contributed by atoms with Crippen LogP contribution in [0.25, 0.3) is 11.1 Å². The van der Waals surface area contributed by atoms with Crippen LogP contribution in [0, 0.1) is 0 Å². The largest absolute Gasteiger partial charge is 0.480 e. The summed E-state index contributed by atoms with van der Waals surface area (Å²) in [4.78, 5) is 36.7. The SMILES string of the molecule is O=C(NCC(=O)N1CC(O)C[C@H]1C(=O)O)OCC1c2ccccc2-c2ccccc21. The number of carbonyl (C=O) groups is 3. The van der Waals surface area contributed by atoms with Crippen LogP contribution in [0.3, 0.4) is 0 Å². The van der Waals surface area contributed by atoms with Gasteiger partial charge in [-0.15, -0.1) is 0 Å². The van der Waals surface area contributed by atoms with Crippen molar-refractivity contribution in [1.29, 1.82) is 0 Å². The summed E-state index contributed by atoms with van der Waals surface area (Å²) in [5.41, 5.74) is 4.39. The van der Waals surface area contributed by atoms with E-state index < -0.39 is 36.7 Å². The Labute approximate surface area is 173 Å². The highest BCUT2D eigenvalue weighted by atomic mass is 16.5. The molecule has 1 unspecified atom stereocenters. The third-order valence-corrected chi connectivity index (χ3v) is 5.61. The van der Waals surface area contributed by atoms with Gasteiger partial charge in [0.1, 0.15) is 19.2 Å². The van der Waals surface area contributed by atoms with E-state index in [1.165, 1.54) is 0 Å². The minimum atomic E-state index is -1.18. The lowest BCUT2D eigenvalue weighted by Gasteiger charge is -2.21. The summed E-state index contributed by atoms with van der Waals surface area (Å²) in [7, 11) is 0. The molecule has 0 bridgehead atoms. The summed E-state index contributed by atoms with van der Waals surface area (Å²) in [6.45, 7) is -0.344. The van der Waals surface area contributed by atoms with Gasteiger partial charge in [0.05, 0.1) is 6.10 Å². The number of β-amino-alcohol motifs (C(OH)–C–C–N with tert-alkyl or cyclic N) is 1. The molecule has 1 saturated heterocycles. The smallest absolute Gasteiger partial charge is 0.407 e. The normalized spacial score (nSPS) is 19.8. The van der Waals surface area contributed by atoms with Crippen LogP contribution in [0.5, 0.6) is 0 Å². The van der Waals surface area contributed by atoms with Gasteiger partial charge in [0.2, 0.25) is 5.91 Å². The fraction of sp³-hybridized carbons (Fsp3) is 0.318. The number of nitrogens with zero attached hydrogens (tertiary/aromatic N) is 1. The quantitative estimate of drug-likeness (QED) is 0.689. The molecular formula is C22H22N2O6. The van der Waals surface area contributed by atoms with E-state index in [2.05, 4.69) is 5.32 Å². The number of carboxylic acid groups (broad SMARTS) is 1. The number of amides is 2. The molecule has 2 atom stereocenters. The molecule has 0 saturated carbocycles. The number of rotatable bonds is 5. The van der Waals surface area contributed by atoms with Crippen LogP contribution in [-0.2, 0) is 14.3 Å². The van der Waals surface area contributed by atoms with Crippen molar-refractivity contribution in [2.75, 3.05) is 19.7 Å². The van der Waals surface area contributed by atoms with Crippen LogP contribution < -0.4 is 5.32 Å². The number of hydrogen-bond acceptors (Lipinski definition) is 5. The number of ether oxygens (including phenoxy) is 1. The minimum Gasteiger partial charge on any atom is -0.480 e. The number of alkyl carbamates (subject to hydrolysis) is 1. The number of carboxylic acids is 1. The number of benzene rings is 2. The van der Waals surface area contributed by atoms with Crippen molar-refractivity contribution in [3.63, 3.8) is 0 Å². The van der Waals surface area contributed by atoms with Gasteiger partial charge in [0.25, 0.3) is 0 Å². The van der Waals surface area contributed by atoms with Crippen LogP contribution in [0.4, 0.5) is 4.79 Å². The minimum absolute atomic E-state index is 0.0218. The molecule has 0 aromatic heterocycles. The van der Waals surface area contributed by atoms with Crippen molar-refractivity contribution >= 4 is 18.0 Å². The van der Waals surface area contributed by atoms with Crippen molar-refractivity contribution in [3.05, 3.63) is 59.7 Å². The van der Waals surface area contributed by atoms with Gasteiger partial charge in [-0.2, -0.15) is 0 Å². The zero-order valence-electron chi connectivity index (χ0n) is 16.2. The monoisotopic (exact) mass is 410 g/mol. The van der Waals surface area contributed by atoms with Gasteiger partial charge in [0.15, 0.2) is 0 Å². The van der Waals surface area contributed by atoms with Crippen molar-refractivity contribution in [2.24, 2.45) is 0 Å². The summed E-state index contributed by atoms with van der Waals surface area (Å²) in [5.74, 6) is -1.85. The molecule has 30 heavy (non-hydrogen) atoms. The van der Waals surface area contributed by atoms with E-state index in [0.717, 1.165) is 27.2 Å². The number of nitrogens with one attached hydrogen (secondary N) is 1. The first-order chi connectivity index (χ1) is 14.5. The summed E-state index contributed by atoms with van der Waals surface area (Å²) < 4.78 is 5.36. The Hall–Kier alpha value is -3.39. The van der Waals surface area contributed by atoms with E-state index in [-0.39, 0.29) is 25.5 Å². The van der Waals surface area contributed by atoms with Crippen molar-refractivity contribution in [2.45, 2.75) is 24.5 Å². The maximum atomic E-state index is 12.3. The van der Waals surface area contributed by atoms with Gasteiger partial charge < -0.3 is 25.2 Å². The zero-order chi connectivity index (χ0) is 21.3. The molecule has 8 heteroatoms. The molecule has 1 fully saturated rings. The standard InChI is InChI=1S/C22H22N2O6/c25-13-9-19(21(27)28)24(11-13)20(26)10-23-22(29)30-12-18-16-7-3-1-5-14(16)15-6-2-4-8-17(15)18/h1-8,13,18-19,25H,9-12H2,(H,23,29)(H,27,28)/t13?,19-/m0/s1. The second-order valence-electron chi connectivity index (χ2n) is 7.47. The molecule has 2 aliphatic rings. The maximum Gasteiger partial charge on any atom is 0.407 e. The van der Waals surface area contributed by atoms with Crippen LogP contribution in [0.1, 0.15) is 23.5 Å². The molecule has 1 heterocycles. The first-order valence-corrected chi connectivity index (χ1v) is 9.75. The third-order valence-electron chi connectivity index (χ3n) is 5.61. The molecule has 0 radical (unpaired) electrons. The Kier molecular flexibility index (Phi) is 5.41. The first-order valence-electron chi connectivity index (χ1n) is 9.75. The van der Waals surface area contributed by atoms with Crippen LogP contribution in [-0.4, -0.2) is 64.9 Å². The molecule has 8 nitrogen and oxygen atoms in total. The van der Waals surface area contributed by atoms with Gasteiger partial charge >= 0.3 is 12.1 Å². The maximum absolute atomic E-state index is 12.3. The van der Waals surface area contributed by atoms with Gasteiger partial charge in [-0.3, -0.25) is 4.79 Å². The van der Waals surface area contributed by atoms with Crippen LogP contribution in [0.15, 0.2) is 48.5 Å². The molecule has 1 aliphatic carbocycles. The van der Waals surface area contributed by atoms with E-state index in [1.54, 1.807) is 0 Å². The highest BCUT2D eigenvalue weighted by molar-refractivity contribution is 5.87. The average Bonchev–Trinajstić information content (AvgIpc) is 3.29. The van der Waals surface area contributed by atoms with Gasteiger partial charge in [-0.05, 0) is 22.3 Å². The topological polar surface area (TPSA) is 116 Å². The first kappa shape index (κ1) is 19.9. The third kappa shape index (κ3) is 3.73. The van der Waals surface area contributed by atoms with Gasteiger partial charge in [-0.1, -0.05) is 48.5 Å². The number of carbonyl (C=O) groups excluding carboxylic acids is 2. The summed E-state index contributed by atoms with van der Waals surface area (Å²) in [6.07, 6.45) is -1.66. The predicted molar refractivity (Wildman–Crippen MR) is 107 cm³/mol. The number of aliphatic carboxylic acids is 1. The molecule has 2 aromatic carbocycles. The fourth-order valence-corrected chi connectivity index (χ4v) is 4.22. The lowest BCUT2D eigenvalue weighted by atomic mass is 9.98. The van der Waals surface area contributed by atoms with Crippen molar-refractivity contribution in [1.82, 2.24) is 10.2 Å². The van der Waals surface area contributed by atoms with Crippen molar-refractivity contribution < 1.29 is 29.3 Å². The fourth-order valence-electron chi connectivity index (χ4n) is 4.22. The molecule has 2 aromatic rings. The number of fused-ring (bicyclic) bond motifs is 3. The Morgan fingerprint density at radius 2 is 1.63 bits per heavy atom. The van der Waals surface area contributed by atoms with E-state index in [0.29, 0.717) is 0 Å². The van der Waals surface area contributed by atoms with Crippen LogP contribution in [0.2, 0.25) is 0 Å². The Morgan fingerprint density at radius 3 is 2.23 bits per heavy atom. The molecule has 2 amide bonds. The average molecular weight is 410 g/mol. The van der Waals surface area contributed by atoms with Gasteiger partial charge in [-0.25, -0.2) is 9.59 Å². The summed E-state index contributed by atoms with van der Waals surface area (Å²) in [6, 6.07) is 14.8. The Morgan fingerprint density at radius 1 is 1.03 bits per heavy atom. The Balaban J connectivity index is 1.35. The van der Waals surface area contributed by atoms with Gasteiger partial charge in [0, 0.05) is 18.9 Å². The Bertz CT molecular complexity index is 946. The molecule has 3 N–H and O–H groups in total. The number of aliphatic hydroxyl groups excluding tert-OH is 1. The highest BCUT2D eigenvalue weighted by Gasteiger charge is 2.38. The highest BCUT2D eigenvalue weighted by Crippen LogP contribution is 2.44. The lowest BCUT2D eigenvalue weighted by molar-refractivity contribution is -0.147. The predicted octanol–water partition coefficient (Wildman–Crippen LogP) is 1.57. The van der Waals surface area contributed by atoms with Crippen LogP contribution >= 0.6 is 0 Å². The molecular weight excluding hydrogens is 388 g/mol. The van der Waals surface area contributed by atoms with E-state index in [9.17, 15) is 24.6 Å². The molecule has 1 aliphatic heterocycles. The molecule has 156 valence electrons. The second kappa shape index (κ2) is 8.16. The van der Waals surface area contributed by atoms with E-state index in [4.69, 9.17) is 4.74 Å². The second-order valence-corrected chi connectivity index (χ2v) is 7.47. The lowest BCUT2D eigenvalue weighted by Crippen LogP contribution is -2.45. The zero-order valence-corrected chi connectivity index (χ0v) is 16.2. The number of aliphatic hydroxyl groups is 1. The summed E-state index contributed by atoms with van der Waals surface area (Å²) >= 11 is 0. The summed E-state index contributed by atoms with van der Waals surface area (Å²) in [5, 5.41) is 21.2.